The molecule has 0 bridgehead atoms. The summed E-state index contributed by atoms with van der Waals surface area (Å²) in [4.78, 5) is 10.3. The van der Waals surface area contributed by atoms with Gasteiger partial charge in [-0.25, -0.2) is 9.18 Å². The van der Waals surface area contributed by atoms with Gasteiger partial charge in [0.1, 0.15) is 43.1 Å². The summed E-state index contributed by atoms with van der Waals surface area (Å²) < 4.78 is 22.7. The standard InChI is InChI=1S/C21H23FO7/c22-16-9-11-18(12-10-16)29-13-17(23)7-5-3-1-2-4-6-8-19(24)20(25)14-28-15-21(26)27/h2,4-12,17,19-20,23-25H,13-15H2,(H,26,27)/t17-,19-,20-/m1/s1. The molecule has 0 aromatic heterocycles. The van der Waals surface area contributed by atoms with E-state index < -0.39 is 30.9 Å². The average molecular weight is 406 g/mol. The Morgan fingerprint density at radius 3 is 2.41 bits per heavy atom. The van der Waals surface area contributed by atoms with Crippen molar-refractivity contribution in [2.75, 3.05) is 19.8 Å². The van der Waals surface area contributed by atoms with Gasteiger partial charge in [0.2, 0.25) is 0 Å². The Morgan fingerprint density at radius 1 is 1.03 bits per heavy atom. The van der Waals surface area contributed by atoms with E-state index in [4.69, 9.17) is 9.84 Å². The number of carboxylic acid groups (broad SMARTS) is 1. The number of aliphatic carboxylic acids is 1. The van der Waals surface area contributed by atoms with Gasteiger partial charge in [0.05, 0.1) is 6.61 Å². The predicted molar refractivity (Wildman–Crippen MR) is 104 cm³/mol. The third kappa shape index (κ3) is 12.2. The van der Waals surface area contributed by atoms with Gasteiger partial charge in [-0.3, -0.25) is 0 Å². The number of benzene rings is 1. The van der Waals surface area contributed by atoms with E-state index in [2.05, 4.69) is 16.6 Å². The van der Waals surface area contributed by atoms with Gasteiger partial charge in [0, 0.05) is 0 Å². The quantitative estimate of drug-likeness (QED) is 0.321. The highest BCUT2D eigenvalue weighted by molar-refractivity contribution is 5.67. The minimum atomic E-state index is -1.24. The lowest BCUT2D eigenvalue weighted by molar-refractivity contribution is -0.143. The summed E-state index contributed by atoms with van der Waals surface area (Å²) >= 11 is 0. The topological polar surface area (TPSA) is 116 Å². The first-order valence-electron chi connectivity index (χ1n) is 8.61. The monoisotopic (exact) mass is 406 g/mol. The molecule has 0 fully saturated rings. The lowest BCUT2D eigenvalue weighted by Crippen LogP contribution is -2.29. The molecule has 0 aliphatic carbocycles. The molecule has 29 heavy (non-hydrogen) atoms. The Labute approximate surface area is 168 Å². The Kier molecular flexibility index (Phi) is 11.7. The first-order valence-corrected chi connectivity index (χ1v) is 8.61. The van der Waals surface area contributed by atoms with Gasteiger partial charge >= 0.3 is 5.97 Å². The SMILES string of the molecule is O=C(O)COC[C@@H](O)[C@H](O)C=CC=CC#CC=C[C@@H](O)COc1ccc(F)cc1. The first kappa shape index (κ1) is 24.1. The van der Waals surface area contributed by atoms with Crippen molar-refractivity contribution in [3.05, 3.63) is 66.5 Å². The molecule has 0 saturated carbocycles. The molecule has 7 nitrogen and oxygen atoms in total. The largest absolute Gasteiger partial charge is 0.491 e. The van der Waals surface area contributed by atoms with Crippen LogP contribution in [-0.4, -0.2) is 64.5 Å². The normalized spacial score (nSPS) is 14.6. The smallest absolute Gasteiger partial charge is 0.329 e. The van der Waals surface area contributed by atoms with E-state index in [1.54, 1.807) is 0 Å². The average Bonchev–Trinajstić information content (AvgIpc) is 2.69. The summed E-state index contributed by atoms with van der Waals surface area (Å²) in [5, 5.41) is 37.3. The fraction of sp³-hybridized carbons (Fsp3) is 0.286. The summed E-state index contributed by atoms with van der Waals surface area (Å²) in [7, 11) is 0. The van der Waals surface area contributed by atoms with Crippen molar-refractivity contribution >= 4 is 5.97 Å². The van der Waals surface area contributed by atoms with Crippen LogP contribution in [0.15, 0.2) is 60.7 Å². The number of allylic oxidation sites excluding steroid dienone is 4. The molecule has 0 aliphatic heterocycles. The maximum absolute atomic E-state index is 12.8. The van der Waals surface area contributed by atoms with E-state index in [0.717, 1.165) is 0 Å². The van der Waals surface area contributed by atoms with Gasteiger partial charge in [0.25, 0.3) is 0 Å². The summed E-state index contributed by atoms with van der Waals surface area (Å²) in [6.45, 7) is -0.859. The molecule has 156 valence electrons. The van der Waals surface area contributed by atoms with E-state index in [1.165, 1.54) is 60.7 Å². The maximum atomic E-state index is 12.8. The zero-order valence-electron chi connectivity index (χ0n) is 15.5. The fourth-order valence-electron chi connectivity index (χ4n) is 1.80. The number of rotatable bonds is 11. The molecule has 0 saturated heterocycles. The lowest BCUT2D eigenvalue weighted by atomic mass is 10.2. The van der Waals surface area contributed by atoms with Gasteiger partial charge in [-0.05, 0) is 42.5 Å². The van der Waals surface area contributed by atoms with Gasteiger partial charge in [-0.2, -0.15) is 0 Å². The van der Waals surface area contributed by atoms with E-state index in [-0.39, 0.29) is 19.0 Å². The van der Waals surface area contributed by atoms with Crippen LogP contribution in [0.3, 0.4) is 0 Å². The van der Waals surface area contributed by atoms with Crippen LogP contribution in [0.5, 0.6) is 5.75 Å². The number of aliphatic hydroxyl groups excluding tert-OH is 3. The lowest BCUT2D eigenvalue weighted by Gasteiger charge is -2.13. The van der Waals surface area contributed by atoms with Gasteiger partial charge in [-0.1, -0.05) is 30.1 Å². The van der Waals surface area contributed by atoms with E-state index in [9.17, 15) is 24.5 Å². The van der Waals surface area contributed by atoms with E-state index in [1.807, 2.05) is 0 Å². The number of carboxylic acids is 1. The highest BCUT2D eigenvalue weighted by Crippen LogP contribution is 2.11. The van der Waals surface area contributed by atoms with E-state index >= 15 is 0 Å². The zero-order valence-corrected chi connectivity index (χ0v) is 15.5. The molecule has 1 aromatic carbocycles. The number of carbonyl (C=O) groups is 1. The number of halogens is 1. The van der Waals surface area contributed by atoms with Crippen molar-refractivity contribution in [3.8, 4) is 17.6 Å². The second-order valence-corrected chi connectivity index (χ2v) is 5.69. The third-order valence-corrected chi connectivity index (χ3v) is 3.23. The molecule has 0 amide bonds. The molecule has 0 heterocycles. The van der Waals surface area contributed by atoms with Crippen LogP contribution in [0.1, 0.15) is 0 Å². The molecule has 8 heteroatoms. The van der Waals surface area contributed by atoms with Gasteiger partial charge in [-0.15, -0.1) is 0 Å². The molecular weight excluding hydrogens is 383 g/mol. The van der Waals surface area contributed by atoms with Crippen LogP contribution in [0.2, 0.25) is 0 Å². The summed E-state index contributed by atoms with van der Waals surface area (Å²) in [5.74, 6) is 4.26. The Balaban J connectivity index is 2.27. The van der Waals surface area contributed by atoms with Crippen LogP contribution in [0.4, 0.5) is 4.39 Å². The van der Waals surface area contributed by atoms with Crippen molar-refractivity contribution < 1.29 is 39.1 Å². The highest BCUT2D eigenvalue weighted by atomic mass is 19.1. The second-order valence-electron chi connectivity index (χ2n) is 5.69. The van der Waals surface area contributed by atoms with Crippen molar-refractivity contribution in [1.29, 1.82) is 0 Å². The molecule has 0 aliphatic rings. The minimum Gasteiger partial charge on any atom is -0.491 e. The molecule has 0 spiro atoms. The zero-order chi connectivity index (χ0) is 21.5. The first-order chi connectivity index (χ1) is 13.9. The van der Waals surface area contributed by atoms with Crippen LogP contribution < -0.4 is 4.74 Å². The van der Waals surface area contributed by atoms with Crippen molar-refractivity contribution in [3.63, 3.8) is 0 Å². The Bertz CT molecular complexity index is 759. The summed E-state index contributed by atoms with van der Waals surface area (Å²) in [6, 6.07) is 5.44. The van der Waals surface area contributed by atoms with E-state index in [0.29, 0.717) is 5.75 Å². The van der Waals surface area contributed by atoms with Gasteiger partial charge in [0.15, 0.2) is 0 Å². The molecule has 0 unspecified atom stereocenters. The summed E-state index contributed by atoms with van der Waals surface area (Å²) in [5.41, 5.74) is 0. The third-order valence-electron chi connectivity index (χ3n) is 3.23. The van der Waals surface area contributed by atoms with Crippen LogP contribution in [0, 0.1) is 17.7 Å². The second kappa shape index (κ2) is 14.1. The molecule has 3 atom stereocenters. The van der Waals surface area contributed by atoms with Crippen molar-refractivity contribution in [2.24, 2.45) is 0 Å². The molecule has 1 aromatic rings. The molecule has 0 radical (unpaired) electrons. The molecule has 4 N–H and O–H groups in total. The number of hydrogen-bond acceptors (Lipinski definition) is 6. The maximum Gasteiger partial charge on any atom is 0.329 e. The predicted octanol–water partition coefficient (Wildman–Crippen LogP) is 1.06. The van der Waals surface area contributed by atoms with Gasteiger partial charge < -0.3 is 29.9 Å². The number of aliphatic hydroxyl groups is 3. The minimum absolute atomic E-state index is 0.00121. The molecular formula is C21H23FO7. The number of ether oxygens (including phenoxy) is 2. The Hall–Kier alpha value is -2.96. The van der Waals surface area contributed by atoms with Crippen LogP contribution in [-0.2, 0) is 9.53 Å². The summed E-state index contributed by atoms with van der Waals surface area (Å²) in [6.07, 6.45) is 5.35. The van der Waals surface area contributed by atoms with Crippen LogP contribution >= 0.6 is 0 Å². The van der Waals surface area contributed by atoms with Crippen molar-refractivity contribution in [2.45, 2.75) is 18.3 Å². The van der Waals surface area contributed by atoms with Crippen LogP contribution in [0.25, 0.3) is 0 Å². The Morgan fingerprint density at radius 2 is 1.72 bits per heavy atom. The fourth-order valence-corrected chi connectivity index (χ4v) is 1.80. The van der Waals surface area contributed by atoms with Crippen molar-refractivity contribution in [1.82, 2.24) is 0 Å². The highest BCUT2D eigenvalue weighted by Gasteiger charge is 2.13. The molecule has 1 rings (SSSR count). The number of hydrogen-bond donors (Lipinski definition) is 4.